The summed E-state index contributed by atoms with van der Waals surface area (Å²) in [6.07, 6.45) is -1.10. The number of benzene rings is 2. The molecule has 0 bridgehead atoms. The number of alkyl halides is 3. The number of carbonyl (C=O) groups is 1. The fraction of sp³-hybridized carbons (Fsp3) is 0.269. The van der Waals surface area contributed by atoms with Gasteiger partial charge in [0.1, 0.15) is 17.2 Å². The van der Waals surface area contributed by atoms with Crippen molar-refractivity contribution in [2.45, 2.75) is 36.9 Å². The Balaban J connectivity index is 1.57. The number of likely N-dealkylation sites (tertiary alicyclic amines) is 1. The summed E-state index contributed by atoms with van der Waals surface area (Å²) in [5, 5.41) is 0. The van der Waals surface area contributed by atoms with Gasteiger partial charge in [-0.25, -0.2) is 13.4 Å². The molecule has 1 amide bonds. The first-order chi connectivity index (χ1) is 17.9. The zero-order valence-corrected chi connectivity index (χ0v) is 21.2. The number of hydrogen-bond acceptors (Lipinski definition) is 6. The molecule has 3 heterocycles. The average Bonchev–Trinajstić information content (AvgIpc) is 3.50. The molecule has 2 aromatic heterocycles. The van der Waals surface area contributed by atoms with E-state index in [-0.39, 0.29) is 28.4 Å². The van der Waals surface area contributed by atoms with Gasteiger partial charge in [-0.2, -0.15) is 13.2 Å². The molecule has 0 saturated carbocycles. The Bertz CT molecular complexity index is 1620. The lowest BCUT2D eigenvalue weighted by molar-refractivity contribution is -0.137. The van der Waals surface area contributed by atoms with Crippen molar-refractivity contribution in [1.29, 1.82) is 0 Å². The number of rotatable bonds is 5. The number of H-pyrrole nitrogens is 1. The predicted molar refractivity (Wildman–Crippen MR) is 133 cm³/mol. The van der Waals surface area contributed by atoms with Crippen LogP contribution >= 0.6 is 0 Å². The van der Waals surface area contributed by atoms with Gasteiger partial charge in [0.15, 0.2) is 15.7 Å². The molecule has 1 fully saturated rings. The molecule has 1 aliphatic rings. The molecule has 1 N–H and O–H groups in total. The number of aromatic amines is 1. The molecule has 1 unspecified atom stereocenters. The maximum Gasteiger partial charge on any atom is 0.417 e. The topological polar surface area (TPSA) is 105 Å². The number of carbonyl (C=O) groups excluding carboxylic acids is 1. The van der Waals surface area contributed by atoms with Gasteiger partial charge in [-0.1, -0.05) is 0 Å². The molecule has 0 spiro atoms. The molecule has 1 aliphatic heterocycles. The second-order valence-corrected chi connectivity index (χ2v) is 11.2. The van der Waals surface area contributed by atoms with Crippen LogP contribution in [0.3, 0.4) is 0 Å². The molecule has 12 heteroatoms. The highest BCUT2D eigenvalue weighted by Gasteiger charge is 2.32. The van der Waals surface area contributed by atoms with Gasteiger partial charge in [0, 0.05) is 37.6 Å². The highest BCUT2D eigenvalue weighted by atomic mass is 32.2. The SMILES string of the molecule is CC(=O)N1CCCC1c1cc2nc(-c3ccc(C(F)(F)F)cn3)[nH]c2cc1Oc1ccc(S(C)(=O)=O)cc1. The van der Waals surface area contributed by atoms with Gasteiger partial charge in [-0.05, 0) is 55.3 Å². The van der Waals surface area contributed by atoms with Crippen LogP contribution in [0.1, 0.15) is 36.9 Å². The monoisotopic (exact) mass is 544 g/mol. The molecule has 8 nitrogen and oxygen atoms in total. The summed E-state index contributed by atoms with van der Waals surface area (Å²) in [4.78, 5) is 25.7. The number of pyridine rings is 1. The minimum Gasteiger partial charge on any atom is -0.457 e. The Labute approximate surface area is 216 Å². The maximum atomic E-state index is 12.9. The minimum atomic E-state index is -4.50. The van der Waals surface area contributed by atoms with Gasteiger partial charge < -0.3 is 14.6 Å². The number of fused-ring (bicyclic) bond motifs is 1. The molecule has 38 heavy (non-hydrogen) atoms. The van der Waals surface area contributed by atoms with Crippen LogP contribution in [0.4, 0.5) is 13.2 Å². The maximum absolute atomic E-state index is 12.9. The van der Waals surface area contributed by atoms with Crippen LogP contribution in [0.25, 0.3) is 22.6 Å². The van der Waals surface area contributed by atoms with Crippen LogP contribution in [0.2, 0.25) is 0 Å². The second kappa shape index (κ2) is 9.43. The molecule has 198 valence electrons. The first kappa shape index (κ1) is 25.7. The van der Waals surface area contributed by atoms with E-state index < -0.39 is 21.6 Å². The molecule has 0 aliphatic carbocycles. The van der Waals surface area contributed by atoms with Crippen LogP contribution in [-0.2, 0) is 20.8 Å². The van der Waals surface area contributed by atoms with Crippen LogP contribution in [-0.4, -0.2) is 47.0 Å². The summed E-state index contributed by atoms with van der Waals surface area (Å²) in [6, 6.07) is 11.4. The third-order valence-electron chi connectivity index (χ3n) is 6.44. The van der Waals surface area contributed by atoms with E-state index in [1.54, 1.807) is 29.2 Å². The van der Waals surface area contributed by atoms with E-state index in [1.807, 2.05) is 0 Å². The van der Waals surface area contributed by atoms with E-state index >= 15 is 0 Å². The van der Waals surface area contributed by atoms with Crippen molar-refractivity contribution in [3.05, 3.63) is 65.9 Å². The van der Waals surface area contributed by atoms with Crippen LogP contribution in [0.5, 0.6) is 11.5 Å². The lowest BCUT2D eigenvalue weighted by Gasteiger charge is -2.25. The summed E-state index contributed by atoms with van der Waals surface area (Å²) < 4.78 is 68.6. The normalized spacial score (nSPS) is 16.2. The van der Waals surface area contributed by atoms with E-state index in [0.717, 1.165) is 30.5 Å². The molecule has 1 atom stereocenters. The second-order valence-electron chi connectivity index (χ2n) is 9.14. The number of halogens is 3. The average molecular weight is 545 g/mol. The smallest absolute Gasteiger partial charge is 0.417 e. The van der Waals surface area contributed by atoms with Gasteiger partial charge in [0.05, 0.1) is 27.5 Å². The van der Waals surface area contributed by atoms with Crippen LogP contribution in [0.15, 0.2) is 59.6 Å². The van der Waals surface area contributed by atoms with Gasteiger partial charge in [-0.15, -0.1) is 0 Å². The highest BCUT2D eigenvalue weighted by molar-refractivity contribution is 7.90. The quantitative estimate of drug-likeness (QED) is 0.355. The Kier molecular flexibility index (Phi) is 6.38. The van der Waals surface area contributed by atoms with Crippen molar-refractivity contribution < 1.29 is 31.1 Å². The van der Waals surface area contributed by atoms with E-state index in [4.69, 9.17) is 4.74 Å². The number of nitrogens with one attached hydrogen (secondary N) is 1. The Morgan fingerprint density at radius 2 is 1.87 bits per heavy atom. The number of nitrogens with zero attached hydrogens (tertiary/aromatic N) is 3. The fourth-order valence-corrected chi connectivity index (χ4v) is 5.20. The molecular weight excluding hydrogens is 521 g/mol. The van der Waals surface area contributed by atoms with Crippen molar-refractivity contribution in [3.8, 4) is 23.0 Å². The summed E-state index contributed by atoms with van der Waals surface area (Å²) in [5.41, 5.74) is 1.19. The number of aromatic nitrogens is 3. The molecule has 1 saturated heterocycles. The van der Waals surface area contributed by atoms with Gasteiger partial charge in [0.25, 0.3) is 0 Å². The lowest BCUT2D eigenvalue weighted by atomic mass is 10.0. The molecule has 2 aromatic carbocycles. The Morgan fingerprint density at radius 3 is 2.47 bits per heavy atom. The Morgan fingerprint density at radius 1 is 1.13 bits per heavy atom. The first-order valence-electron chi connectivity index (χ1n) is 11.7. The number of amides is 1. The summed E-state index contributed by atoms with van der Waals surface area (Å²) >= 11 is 0. The zero-order valence-electron chi connectivity index (χ0n) is 20.4. The summed E-state index contributed by atoms with van der Waals surface area (Å²) in [5.74, 6) is 1.05. The summed E-state index contributed by atoms with van der Waals surface area (Å²) in [6.45, 7) is 2.10. The Hall–Kier alpha value is -3.93. The standard InChI is InChI=1S/C26H23F3N4O4S/c1-15(34)33-11-3-4-23(33)19-12-21-22(13-24(19)37-17-6-8-18(9-7-17)38(2,35)36)32-25(31-21)20-10-5-16(14-30-20)26(27,28)29/h5-10,12-14,23H,3-4,11H2,1-2H3,(H,31,32). The molecule has 5 rings (SSSR count). The zero-order chi connectivity index (χ0) is 27.2. The third-order valence-corrected chi connectivity index (χ3v) is 7.57. The minimum absolute atomic E-state index is 0.0762. The van der Waals surface area contributed by atoms with E-state index in [9.17, 15) is 26.4 Å². The molecule has 4 aromatic rings. The van der Waals surface area contributed by atoms with Gasteiger partial charge >= 0.3 is 6.18 Å². The highest BCUT2D eigenvalue weighted by Crippen LogP contribution is 2.41. The van der Waals surface area contributed by atoms with E-state index in [1.165, 1.54) is 25.1 Å². The van der Waals surface area contributed by atoms with Crippen LogP contribution in [0, 0.1) is 0 Å². The first-order valence-corrected chi connectivity index (χ1v) is 13.6. The van der Waals surface area contributed by atoms with Gasteiger partial charge in [-0.3, -0.25) is 9.78 Å². The number of sulfone groups is 1. The third kappa shape index (κ3) is 5.08. The predicted octanol–water partition coefficient (Wildman–Crippen LogP) is 5.52. The van der Waals surface area contributed by atoms with Gasteiger partial charge in [0.2, 0.25) is 5.91 Å². The van der Waals surface area contributed by atoms with Crippen molar-refractivity contribution in [3.63, 3.8) is 0 Å². The van der Waals surface area contributed by atoms with Crippen molar-refractivity contribution in [2.75, 3.05) is 12.8 Å². The van der Waals surface area contributed by atoms with E-state index in [2.05, 4.69) is 15.0 Å². The van der Waals surface area contributed by atoms with E-state index in [0.29, 0.717) is 35.5 Å². The van der Waals surface area contributed by atoms with Crippen molar-refractivity contribution in [2.24, 2.45) is 0 Å². The number of imidazole rings is 1. The summed E-state index contributed by atoms with van der Waals surface area (Å²) in [7, 11) is -3.38. The lowest BCUT2D eigenvalue weighted by Crippen LogP contribution is -2.28. The molecule has 0 radical (unpaired) electrons. The molecular formula is C26H23F3N4O4S. The number of ether oxygens (including phenoxy) is 1. The largest absolute Gasteiger partial charge is 0.457 e. The van der Waals surface area contributed by atoms with Crippen molar-refractivity contribution >= 4 is 26.8 Å². The number of hydrogen-bond donors (Lipinski definition) is 1. The van der Waals surface area contributed by atoms with Crippen LogP contribution < -0.4 is 4.74 Å². The fourth-order valence-electron chi connectivity index (χ4n) is 4.57. The van der Waals surface area contributed by atoms with Crippen molar-refractivity contribution in [1.82, 2.24) is 19.9 Å².